The summed E-state index contributed by atoms with van der Waals surface area (Å²) in [7, 11) is 0. The lowest BCUT2D eigenvalue weighted by molar-refractivity contribution is 0.0256. The molecule has 1 heterocycles. The fraction of sp³-hybridized carbons (Fsp3) is 0.611. The van der Waals surface area contributed by atoms with Crippen LogP contribution in [0.15, 0.2) is 29.2 Å². The highest BCUT2D eigenvalue weighted by atomic mass is 32.2. The highest BCUT2D eigenvalue weighted by molar-refractivity contribution is 7.98. The number of para-hydroxylation sites is 1. The molecule has 0 bridgehead atoms. The predicted molar refractivity (Wildman–Crippen MR) is 97.3 cm³/mol. The van der Waals surface area contributed by atoms with E-state index in [-0.39, 0.29) is 6.09 Å². The van der Waals surface area contributed by atoms with Crippen molar-refractivity contribution in [3.63, 3.8) is 0 Å². The van der Waals surface area contributed by atoms with E-state index in [1.807, 2.05) is 25.7 Å². The highest BCUT2D eigenvalue weighted by Gasteiger charge is 2.25. The molecule has 1 amide bonds. The summed E-state index contributed by atoms with van der Waals surface area (Å²) in [6, 6.07) is 8.79. The highest BCUT2D eigenvalue weighted by Crippen LogP contribution is 2.27. The Morgan fingerprint density at radius 1 is 1.26 bits per heavy atom. The summed E-state index contributed by atoms with van der Waals surface area (Å²) in [5.74, 6) is 0. The summed E-state index contributed by atoms with van der Waals surface area (Å²) in [6.07, 6.45) is 4.92. The smallest absolute Gasteiger partial charge is 0.410 e. The molecule has 5 heteroatoms. The van der Waals surface area contributed by atoms with Gasteiger partial charge in [-0.25, -0.2) is 4.79 Å². The van der Waals surface area contributed by atoms with Crippen molar-refractivity contribution in [1.82, 2.24) is 4.90 Å². The summed E-state index contributed by atoms with van der Waals surface area (Å²) < 4.78 is 5.49. The number of nitrogens with one attached hydrogen (secondary N) is 1. The maximum absolute atomic E-state index is 12.2. The van der Waals surface area contributed by atoms with Crippen LogP contribution in [0.25, 0.3) is 0 Å². The van der Waals surface area contributed by atoms with Crippen LogP contribution in [0.1, 0.15) is 40.0 Å². The summed E-state index contributed by atoms with van der Waals surface area (Å²) in [5.41, 5.74) is 0.758. The monoisotopic (exact) mass is 336 g/mol. The lowest BCUT2D eigenvalue weighted by atomic mass is 10.1. The van der Waals surface area contributed by atoms with Crippen molar-refractivity contribution in [2.45, 2.75) is 56.6 Å². The van der Waals surface area contributed by atoms with E-state index in [0.29, 0.717) is 6.04 Å². The van der Waals surface area contributed by atoms with Crippen molar-refractivity contribution in [2.24, 2.45) is 0 Å². The van der Waals surface area contributed by atoms with Crippen LogP contribution in [0.2, 0.25) is 0 Å². The number of carbonyl (C=O) groups is 1. The third-order valence-corrected chi connectivity index (χ3v) is 4.64. The predicted octanol–water partition coefficient (Wildman–Crippen LogP) is 4.61. The maximum Gasteiger partial charge on any atom is 0.410 e. The first-order chi connectivity index (χ1) is 10.9. The summed E-state index contributed by atoms with van der Waals surface area (Å²) in [4.78, 5) is 15.3. The van der Waals surface area contributed by atoms with Gasteiger partial charge in [0.2, 0.25) is 0 Å². The molecule has 1 atom stereocenters. The van der Waals surface area contributed by atoms with Crippen LogP contribution in [-0.4, -0.2) is 42.0 Å². The van der Waals surface area contributed by atoms with Gasteiger partial charge in [0.05, 0.1) is 0 Å². The van der Waals surface area contributed by atoms with E-state index in [9.17, 15) is 4.79 Å². The molecule has 1 fully saturated rings. The summed E-state index contributed by atoms with van der Waals surface area (Å²) in [5, 5.41) is 3.65. The number of carbonyl (C=O) groups excluding carboxylic acids is 1. The van der Waals surface area contributed by atoms with Crippen LogP contribution >= 0.6 is 11.8 Å². The largest absolute Gasteiger partial charge is 0.444 e. The maximum atomic E-state index is 12.2. The van der Waals surface area contributed by atoms with E-state index < -0.39 is 5.60 Å². The van der Waals surface area contributed by atoms with Gasteiger partial charge in [0.15, 0.2) is 0 Å². The van der Waals surface area contributed by atoms with Gasteiger partial charge in [-0.3, -0.25) is 0 Å². The molecule has 2 rings (SSSR count). The Hall–Kier alpha value is -1.36. The first-order valence-electron chi connectivity index (χ1n) is 8.26. The molecule has 1 aromatic carbocycles. The van der Waals surface area contributed by atoms with Crippen molar-refractivity contribution in [2.75, 3.05) is 24.7 Å². The van der Waals surface area contributed by atoms with Crippen LogP contribution < -0.4 is 5.32 Å². The van der Waals surface area contributed by atoms with Gasteiger partial charge >= 0.3 is 6.09 Å². The molecule has 1 N–H and O–H groups in total. The number of anilines is 1. The first-order valence-corrected chi connectivity index (χ1v) is 9.49. The van der Waals surface area contributed by atoms with Gasteiger partial charge in [0.25, 0.3) is 0 Å². The fourth-order valence-electron chi connectivity index (χ4n) is 2.73. The van der Waals surface area contributed by atoms with Crippen molar-refractivity contribution in [3.05, 3.63) is 24.3 Å². The Bertz CT molecular complexity index is 528. The fourth-order valence-corrected chi connectivity index (χ4v) is 3.30. The van der Waals surface area contributed by atoms with Gasteiger partial charge < -0.3 is 15.0 Å². The molecule has 4 nitrogen and oxygen atoms in total. The molecular weight excluding hydrogens is 308 g/mol. The molecule has 23 heavy (non-hydrogen) atoms. The lowest BCUT2D eigenvalue weighted by Gasteiger charge is -2.26. The van der Waals surface area contributed by atoms with Crippen LogP contribution in [0.5, 0.6) is 0 Å². The van der Waals surface area contributed by atoms with Crippen molar-refractivity contribution in [3.8, 4) is 0 Å². The zero-order chi connectivity index (χ0) is 16.9. The Morgan fingerprint density at radius 2 is 2.00 bits per heavy atom. The number of amides is 1. The second-order valence-corrected chi connectivity index (χ2v) is 7.79. The van der Waals surface area contributed by atoms with E-state index in [1.54, 1.807) is 11.8 Å². The van der Waals surface area contributed by atoms with E-state index >= 15 is 0 Å². The van der Waals surface area contributed by atoms with Crippen molar-refractivity contribution in [1.29, 1.82) is 0 Å². The van der Waals surface area contributed by atoms with Gasteiger partial charge in [0.1, 0.15) is 5.60 Å². The number of rotatable bonds is 3. The quantitative estimate of drug-likeness (QED) is 0.819. The molecule has 0 radical (unpaired) electrons. The Balaban J connectivity index is 1.92. The van der Waals surface area contributed by atoms with E-state index in [0.717, 1.165) is 32.4 Å². The molecule has 0 spiro atoms. The van der Waals surface area contributed by atoms with E-state index in [4.69, 9.17) is 4.74 Å². The van der Waals surface area contributed by atoms with Gasteiger partial charge in [-0.15, -0.1) is 11.8 Å². The molecule has 1 aromatic rings. The third kappa shape index (κ3) is 5.65. The van der Waals surface area contributed by atoms with Crippen molar-refractivity contribution >= 4 is 23.5 Å². The van der Waals surface area contributed by atoms with Gasteiger partial charge in [0, 0.05) is 29.7 Å². The topological polar surface area (TPSA) is 41.6 Å². The number of benzene rings is 1. The third-order valence-electron chi connectivity index (χ3n) is 3.85. The molecule has 1 aliphatic heterocycles. The molecule has 0 saturated carbocycles. The molecule has 0 aromatic heterocycles. The minimum atomic E-state index is -0.432. The van der Waals surface area contributed by atoms with Crippen molar-refractivity contribution < 1.29 is 9.53 Å². The van der Waals surface area contributed by atoms with E-state index in [1.165, 1.54) is 10.6 Å². The van der Waals surface area contributed by atoms with Crippen LogP contribution in [0.3, 0.4) is 0 Å². The van der Waals surface area contributed by atoms with Gasteiger partial charge in [-0.1, -0.05) is 12.1 Å². The van der Waals surface area contributed by atoms with Gasteiger partial charge in [-0.2, -0.15) is 0 Å². The lowest BCUT2D eigenvalue weighted by Crippen LogP contribution is -2.37. The first kappa shape index (κ1) is 18.0. The van der Waals surface area contributed by atoms with Crippen LogP contribution in [0.4, 0.5) is 10.5 Å². The standard InChI is InChI=1S/C18H28N2O2S/c1-18(2,3)22-17(21)20-12-7-8-14(11-13-20)19-15-9-5-6-10-16(15)23-4/h5-6,9-10,14,19H,7-8,11-13H2,1-4H3. The average Bonchev–Trinajstić information content (AvgIpc) is 2.72. The molecule has 128 valence electrons. The Kier molecular flexibility index (Phi) is 6.22. The van der Waals surface area contributed by atoms with Crippen LogP contribution in [-0.2, 0) is 4.74 Å². The number of nitrogens with zero attached hydrogens (tertiary/aromatic N) is 1. The zero-order valence-corrected chi connectivity index (χ0v) is 15.4. The zero-order valence-electron chi connectivity index (χ0n) is 14.6. The Morgan fingerprint density at radius 3 is 2.70 bits per heavy atom. The number of hydrogen-bond acceptors (Lipinski definition) is 4. The molecule has 1 aliphatic rings. The van der Waals surface area contributed by atoms with Crippen LogP contribution in [0, 0.1) is 0 Å². The Labute approximate surface area is 144 Å². The summed E-state index contributed by atoms with van der Waals surface area (Å²) in [6.45, 7) is 7.25. The van der Waals surface area contributed by atoms with Gasteiger partial charge in [-0.05, 0) is 58.4 Å². The summed E-state index contributed by atoms with van der Waals surface area (Å²) >= 11 is 1.75. The molecule has 1 unspecified atom stereocenters. The normalized spacial score (nSPS) is 19.1. The minimum Gasteiger partial charge on any atom is -0.444 e. The number of thioether (sulfide) groups is 1. The minimum absolute atomic E-state index is 0.192. The second kappa shape index (κ2) is 7.95. The number of likely N-dealkylation sites (tertiary alicyclic amines) is 1. The SMILES string of the molecule is CSc1ccccc1NC1CCCN(C(=O)OC(C)(C)C)CC1. The average molecular weight is 337 g/mol. The molecule has 1 saturated heterocycles. The second-order valence-electron chi connectivity index (χ2n) is 6.94. The molecule has 0 aliphatic carbocycles. The van der Waals surface area contributed by atoms with E-state index in [2.05, 4.69) is 35.8 Å². The number of hydrogen-bond donors (Lipinski definition) is 1. The molecular formula is C18H28N2O2S. The number of ether oxygens (including phenoxy) is 1.